The van der Waals surface area contributed by atoms with Gasteiger partial charge in [0.25, 0.3) is 11.8 Å². The number of amides is 2. The van der Waals surface area contributed by atoms with E-state index in [1.807, 2.05) is 13.0 Å². The minimum absolute atomic E-state index is 0.225. The van der Waals surface area contributed by atoms with E-state index in [2.05, 4.69) is 15.8 Å². The van der Waals surface area contributed by atoms with Crippen LogP contribution in [0.3, 0.4) is 0 Å². The van der Waals surface area contributed by atoms with E-state index in [4.69, 9.17) is 9.15 Å². The van der Waals surface area contributed by atoms with E-state index in [0.717, 1.165) is 5.56 Å². The van der Waals surface area contributed by atoms with Crippen LogP contribution in [0.5, 0.6) is 5.75 Å². The molecule has 29 heavy (non-hydrogen) atoms. The highest BCUT2D eigenvalue weighted by atomic mass is 16.5. The Morgan fingerprint density at radius 3 is 2.48 bits per heavy atom. The number of hydrazone groups is 1. The van der Waals surface area contributed by atoms with Crippen LogP contribution in [0.4, 0.5) is 5.69 Å². The molecule has 2 amide bonds. The van der Waals surface area contributed by atoms with Gasteiger partial charge in [0.05, 0.1) is 18.6 Å². The number of benzene rings is 2. The van der Waals surface area contributed by atoms with E-state index in [-0.39, 0.29) is 17.6 Å². The molecule has 0 radical (unpaired) electrons. The summed E-state index contributed by atoms with van der Waals surface area (Å²) in [6, 6.07) is 17.2. The van der Waals surface area contributed by atoms with E-state index in [0.29, 0.717) is 29.3 Å². The summed E-state index contributed by atoms with van der Waals surface area (Å²) in [6.07, 6.45) is 1.44. The van der Waals surface area contributed by atoms with Crippen LogP contribution in [0.15, 0.2) is 76.4 Å². The molecule has 3 rings (SSSR count). The van der Waals surface area contributed by atoms with Gasteiger partial charge in [-0.3, -0.25) is 9.59 Å². The molecule has 0 bridgehead atoms. The monoisotopic (exact) mass is 391 g/mol. The number of nitrogens with zero attached hydrogens (tertiary/aromatic N) is 1. The molecule has 0 saturated heterocycles. The molecule has 2 aromatic carbocycles. The van der Waals surface area contributed by atoms with Crippen molar-refractivity contribution in [2.75, 3.05) is 11.9 Å². The molecular weight excluding hydrogens is 370 g/mol. The van der Waals surface area contributed by atoms with Crippen molar-refractivity contribution >= 4 is 23.2 Å². The van der Waals surface area contributed by atoms with Crippen LogP contribution in [0.2, 0.25) is 0 Å². The van der Waals surface area contributed by atoms with Crippen molar-refractivity contribution in [3.05, 3.63) is 83.8 Å². The first kappa shape index (κ1) is 19.9. The Morgan fingerprint density at radius 2 is 1.79 bits per heavy atom. The van der Waals surface area contributed by atoms with Crippen molar-refractivity contribution < 1.29 is 18.7 Å². The lowest BCUT2D eigenvalue weighted by Gasteiger charge is -2.07. The molecule has 0 fully saturated rings. The summed E-state index contributed by atoms with van der Waals surface area (Å²) in [5.74, 6) is 0.265. The van der Waals surface area contributed by atoms with Gasteiger partial charge in [0.15, 0.2) is 5.76 Å². The lowest BCUT2D eigenvalue weighted by Crippen LogP contribution is -2.19. The highest BCUT2D eigenvalue weighted by Crippen LogP contribution is 2.14. The quantitative estimate of drug-likeness (QED) is 0.469. The van der Waals surface area contributed by atoms with E-state index < -0.39 is 0 Å². The zero-order valence-electron chi connectivity index (χ0n) is 16.1. The zero-order valence-corrected chi connectivity index (χ0v) is 16.1. The summed E-state index contributed by atoms with van der Waals surface area (Å²) in [5.41, 5.74) is 4.96. The molecule has 0 spiro atoms. The maximum Gasteiger partial charge on any atom is 0.291 e. The lowest BCUT2D eigenvalue weighted by atomic mass is 10.1. The lowest BCUT2D eigenvalue weighted by molar-refractivity contribution is 0.0953. The van der Waals surface area contributed by atoms with Gasteiger partial charge in [-0.05, 0) is 67.9 Å². The molecule has 148 valence electrons. The van der Waals surface area contributed by atoms with Gasteiger partial charge in [-0.25, -0.2) is 5.43 Å². The average Bonchev–Trinajstić information content (AvgIpc) is 3.28. The molecule has 1 heterocycles. The van der Waals surface area contributed by atoms with Crippen molar-refractivity contribution in [3.63, 3.8) is 0 Å². The molecular formula is C22H21N3O4. The van der Waals surface area contributed by atoms with Crippen LogP contribution >= 0.6 is 0 Å². The fraction of sp³-hybridized carbons (Fsp3) is 0.136. The highest BCUT2D eigenvalue weighted by molar-refractivity contribution is 6.04. The Kier molecular flexibility index (Phi) is 6.42. The normalized spacial score (nSPS) is 11.0. The summed E-state index contributed by atoms with van der Waals surface area (Å²) >= 11 is 0. The third-order valence-electron chi connectivity index (χ3n) is 4.04. The smallest absolute Gasteiger partial charge is 0.291 e. The van der Waals surface area contributed by atoms with Gasteiger partial charge in [0.2, 0.25) is 0 Å². The predicted molar refractivity (Wildman–Crippen MR) is 110 cm³/mol. The first-order valence-electron chi connectivity index (χ1n) is 9.09. The van der Waals surface area contributed by atoms with Crippen LogP contribution < -0.4 is 15.5 Å². The maximum absolute atomic E-state index is 12.3. The Labute approximate surface area is 168 Å². The predicted octanol–water partition coefficient (Wildman–Crippen LogP) is 4.08. The Morgan fingerprint density at radius 1 is 1.00 bits per heavy atom. The van der Waals surface area contributed by atoms with Crippen molar-refractivity contribution in [3.8, 4) is 5.75 Å². The van der Waals surface area contributed by atoms with E-state index in [1.54, 1.807) is 61.5 Å². The molecule has 3 aromatic rings. The minimum Gasteiger partial charge on any atom is -0.494 e. The van der Waals surface area contributed by atoms with Crippen molar-refractivity contribution in [2.45, 2.75) is 13.8 Å². The fourth-order valence-electron chi connectivity index (χ4n) is 2.56. The molecule has 7 nitrogen and oxygen atoms in total. The molecule has 2 N–H and O–H groups in total. The number of furan rings is 1. The summed E-state index contributed by atoms with van der Waals surface area (Å²) in [6.45, 7) is 4.23. The first-order valence-corrected chi connectivity index (χ1v) is 9.09. The summed E-state index contributed by atoms with van der Waals surface area (Å²) in [7, 11) is 0. The van der Waals surface area contributed by atoms with Gasteiger partial charge < -0.3 is 14.5 Å². The standard InChI is InChI=1S/C22H21N3O4/c1-3-28-19-11-9-16(10-12-19)21(26)25-24-15(2)17-6-4-7-18(14-17)23-22(27)20-8-5-13-29-20/h4-14H,3H2,1-2H3,(H,23,27)(H,25,26)/b24-15+. The molecule has 0 saturated carbocycles. The number of carbonyl (C=O) groups is 2. The SMILES string of the molecule is CCOc1ccc(C(=O)N/N=C(\C)c2cccc(NC(=O)c3ccco3)c2)cc1. The van der Waals surface area contributed by atoms with Crippen LogP contribution in [0.25, 0.3) is 0 Å². The van der Waals surface area contributed by atoms with Gasteiger partial charge in [-0.15, -0.1) is 0 Å². The van der Waals surface area contributed by atoms with Gasteiger partial charge in [0.1, 0.15) is 5.75 Å². The number of hydrogen-bond acceptors (Lipinski definition) is 5. The molecule has 0 aliphatic carbocycles. The second-order valence-corrected chi connectivity index (χ2v) is 6.11. The summed E-state index contributed by atoms with van der Waals surface area (Å²) in [4.78, 5) is 24.4. The number of nitrogens with one attached hydrogen (secondary N) is 2. The fourth-order valence-corrected chi connectivity index (χ4v) is 2.56. The maximum atomic E-state index is 12.3. The number of rotatable bonds is 7. The molecule has 1 aromatic heterocycles. The van der Waals surface area contributed by atoms with E-state index in [1.165, 1.54) is 6.26 Å². The molecule has 0 aliphatic heterocycles. The molecule has 0 atom stereocenters. The van der Waals surface area contributed by atoms with Gasteiger partial charge in [-0.2, -0.15) is 5.10 Å². The topological polar surface area (TPSA) is 92.9 Å². The van der Waals surface area contributed by atoms with E-state index in [9.17, 15) is 9.59 Å². The van der Waals surface area contributed by atoms with Gasteiger partial charge >= 0.3 is 0 Å². The largest absolute Gasteiger partial charge is 0.494 e. The second-order valence-electron chi connectivity index (χ2n) is 6.11. The van der Waals surface area contributed by atoms with Crippen molar-refractivity contribution in [1.82, 2.24) is 5.43 Å². The summed E-state index contributed by atoms with van der Waals surface area (Å²) < 4.78 is 10.4. The second kappa shape index (κ2) is 9.36. The van der Waals surface area contributed by atoms with E-state index >= 15 is 0 Å². The Bertz CT molecular complexity index is 1010. The van der Waals surface area contributed by atoms with Crippen molar-refractivity contribution in [2.24, 2.45) is 5.10 Å². The Hall–Kier alpha value is -3.87. The number of hydrogen-bond donors (Lipinski definition) is 2. The highest BCUT2D eigenvalue weighted by Gasteiger charge is 2.10. The third kappa shape index (κ3) is 5.32. The van der Waals surface area contributed by atoms with Gasteiger partial charge in [0, 0.05) is 11.3 Å². The van der Waals surface area contributed by atoms with Crippen LogP contribution in [0.1, 0.15) is 40.3 Å². The van der Waals surface area contributed by atoms with Crippen molar-refractivity contribution in [1.29, 1.82) is 0 Å². The summed E-state index contributed by atoms with van der Waals surface area (Å²) in [5, 5.41) is 6.91. The zero-order chi connectivity index (χ0) is 20.6. The first-order chi connectivity index (χ1) is 14.1. The number of anilines is 1. The number of ether oxygens (including phenoxy) is 1. The average molecular weight is 391 g/mol. The van der Waals surface area contributed by atoms with Crippen LogP contribution in [-0.4, -0.2) is 24.1 Å². The molecule has 0 aliphatic rings. The number of carbonyl (C=O) groups excluding carboxylic acids is 2. The minimum atomic E-state index is -0.342. The van der Waals surface area contributed by atoms with Crippen LogP contribution in [0, 0.1) is 0 Å². The Balaban J connectivity index is 1.64. The third-order valence-corrected chi connectivity index (χ3v) is 4.04. The van der Waals surface area contributed by atoms with Gasteiger partial charge in [-0.1, -0.05) is 12.1 Å². The molecule has 0 unspecified atom stereocenters. The van der Waals surface area contributed by atoms with Crippen LogP contribution in [-0.2, 0) is 0 Å². The molecule has 7 heteroatoms.